The Morgan fingerprint density at radius 2 is 1.42 bits per heavy atom. The first-order valence-corrected chi connectivity index (χ1v) is 11.5. The molecule has 0 aliphatic rings. The average molecular weight is 279 g/mol. The van der Waals surface area contributed by atoms with Crippen molar-refractivity contribution in [2.45, 2.75) is 55.3 Å². The third kappa shape index (κ3) is 7.41. The molecule has 0 rings (SSSR count). The molecule has 0 radical (unpaired) electrons. The summed E-state index contributed by atoms with van der Waals surface area (Å²) in [5, 5.41) is 0. The van der Waals surface area contributed by atoms with Crippen molar-refractivity contribution < 1.29 is 3.07 Å². The van der Waals surface area contributed by atoms with Gasteiger partial charge in [0.1, 0.15) is 0 Å². The topological polar surface area (TPSA) is 9.23 Å². The molecule has 0 aromatic rings. The molecule has 0 aromatic heterocycles. The number of rotatable bonds is 8. The van der Waals surface area contributed by atoms with Crippen LogP contribution in [0.5, 0.6) is 0 Å². The van der Waals surface area contributed by atoms with Gasteiger partial charge in [0.15, 0.2) is 0 Å². The monoisotopic (exact) mass is 280 g/mol. The summed E-state index contributed by atoms with van der Waals surface area (Å²) >= 11 is -1.44. The molecule has 2 heteroatoms. The SMILES string of the molecule is CCC[CH2][SnH]([CH2]CCC)[O]CC. The molecule has 0 aliphatic carbocycles. The van der Waals surface area contributed by atoms with Gasteiger partial charge in [0.2, 0.25) is 0 Å². The molecule has 0 saturated carbocycles. The number of unbranched alkanes of at least 4 members (excludes halogenated alkanes) is 2. The van der Waals surface area contributed by atoms with Crippen LogP contribution in [0, 0.1) is 0 Å². The molecule has 0 heterocycles. The van der Waals surface area contributed by atoms with E-state index in [1.807, 2.05) is 0 Å². The first kappa shape index (κ1) is 12.8. The standard InChI is InChI=1S/2C4H9.C2H5O.Sn.H/c2*1-3-4-2;1-2-3;;/h2*1,3-4H2,2H3;2H2,1H3;;/q;;-1;+1;. The maximum absolute atomic E-state index is 5.86. The molecule has 74 valence electrons. The van der Waals surface area contributed by atoms with Crippen LogP contribution >= 0.6 is 0 Å². The molecule has 0 fully saturated rings. The van der Waals surface area contributed by atoms with Crippen LogP contribution in [-0.4, -0.2) is 26.8 Å². The Balaban J connectivity index is 3.40. The summed E-state index contributed by atoms with van der Waals surface area (Å²) < 4.78 is 8.78. The van der Waals surface area contributed by atoms with Gasteiger partial charge in [-0.3, -0.25) is 0 Å². The van der Waals surface area contributed by atoms with Crippen molar-refractivity contribution in [2.75, 3.05) is 6.61 Å². The second kappa shape index (κ2) is 9.84. The Labute approximate surface area is 85.2 Å². The summed E-state index contributed by atoms with van der Waals surface area (Å²) in [5.74, 6) is 0. The van der Waals surface area contributed by atoms with E-state index in [1.54, 1.807) is 0 Å². The second-order valence-corrected chi connectivity index (χ2v) is 11.2. The fourth-order valence-electron chi connectivity index (χ4n) is 1.41. The summed E-state index contributed by atoms with van der Waals surface area (Å²) in [6, 6.07) is 0. The van der Waals surface area contributed by atoms with Gasteiger partial charge in [-0.1, -0.05) is 0 Å². The summed E-state index contributed by atoms with van der Waals surface area (Å²) in [5.41, 5.74) is 0. The molecule has 0 aromatic carbocycles. The van der Waals surface area contributed by atoms with Gasteiger partial charge in [-0.05, 0) is 0 Å². The van der Waals surface area contributed by atoms with Gasteiger partial charge in [0, 0.05) is 0 Å². The molecule has 0 unspecified atom stereocenters. The molecule has 0 amide bonds. The van der Waals surface area contributed by atoms with E-state index >= 15 is 0 Å². The summed E-state index contributed by atoms with van der Waals surface area (Å²) in [6.45, 7) is 7.65. The van der Waals surface area contributed by atoms with Gasteiger partial charge >= 0.3 is 85.2 Å². The van der Waals surface area contributed by atoms with E-state index in [4.69, 9.17) is 3.07 Å². The van der Waals surface area contributed by atoms with E-state index in [9.17, 15) is 0 Å². The third-order valence-electron chi connectivity index (χ3n) is 2.16. The number of hydrogen-bond acceptors (Lipinski definition) is 1. The molecule has 0 N–H and O–H groups in total. The van der Waals surface area contributed by atoms with Crippen molar-refractivity contribution in [3.63, 3.8) is 0 Å². The van der Waals surface area contributed by atoms with Crippen molar-refractivity contribution in [3.05, 3.63) is 0 Å². The van der Waals surface area contributed by atoms with Crippen LogP contribution in [0.3, 0.4) is 0 Å². The van der Waals surface area contributed by atoms with E-state index in [0.29, 0.717) is 0 Å². The molecular formula is C10H24OSn. The van der Waals surface area contributed by atoms with E-state index in [1.165, 1.54) is 34.6 Å². The zero-order chi connectivity index (χ0) is 9.23. The van der Waals surface area contributed by atoms with Crippen molar-refractivity contribution >= 4 is 20.2 Å². The maximum atomic E-state index is 5.86. The van der Waals surface area contributed by atoms with Crippen LogP contribution in [-0.2, 0) is 3.07 Å². The van der Waals surface area contributed by atoms with Crippen molar-refractivity contribution in [3.8, 4) is 0 Å². The van der Waals surface area contributed by atoms with Crippen LogP contribution in [0.25, 0.3) is 0 Å². The summed E-state index contributed by atoms with van der Waals surface area (Å²) in [6.07, 6.45) is 5.49. The third-order valence-corrected chi connectivity index (χ3v) is 10.5. The van der Waals surface area contributed by atoms with Gasteiger partial charge < -0.3 is 0 Å². The van der Waals surface area contributed by atoms with Crippen LogP contribution in [0.15, 0.2) is 0 Å². The van der Waals surface area contributed by atoms with E-state index in [2.05, 4.69) is 20.8 Å². The average Bonchev–Trinajstić information content (AvgIpc) is 2.10. The van der Waals surface area contributed by atoms with E-state index in [-0.39, 0.29) is 0 Å². The molecule has 0 aliphatic heterocycles. The van der Waals surface area contributed by atoms with Gasteiger partial charge in [-0.25, -0.2) is 0 Å². The predicted molar refractivity (Wildman–Crippen MR) is 58.2 cm³/mol. The Morgan fingerprint density at radius 3 is 1.75 bits per heavy atom. The van der Waals surface area contributed by atoms with Crippen LogP contribution in [0.4, 0.5) is 0 Å². The summed E-state index contributed by atoms with van der Waals surface area (Å²) in [4.78, 5) is 0. The Hall–Kier alpha value is 0.759. The zero-order valence-electron chi connectivity index (χ0n) is 8.94. The minimum absolute atomic E-state index is 0.966. The fraction of sp³-hybridized carbons (Fsp3) is 1.00. The number of hydrogen-bond donors (Lipinski definition) is 0. The molecule has 0 spiro atoms. The first-order chi connectivity index (χ1) is 5.85. The Bertz CT molecular complexity index is 77.9. The molecule has 0 bridgehead atoms. The second-order valence-electron chi connectivity index (χ2n) is 3.36. The Morgan fingerprint density at radius 1 is 0.917 bits per heavy atom. The Kier molecular flexibility index (Phi) is 10.5. The molecule has 12 heavy (non-hydrogen) atoms. The normalized spacial score (nSPS) is 11.0. The molecule has 0 saturated heterocycles. The van der Waals surface area contributed by atoms with Gasteiger partial charge in [-0.15, -0.1) is 0 Å². The minimum atomic E-state index is -1.44. The predicted octanol–water partition coefficient (Wildman–Crippen LogP) is 3.35. The summed E-state index contributed by atoms with van der Waals surface area (Å²) in [7, 11) is 0. The van der Waals surface area contributed by atoms with Gasteiger partial charge in [0.25, 0.3) is 0 Å². The van der Waals surface area contributed by atoms with E-state index in [0.717, 1.165) is 6.61 Å². The first-order valence-electron chi connectivity index (χ1n) is 5.46. The van der Waals surface area contributed by atoms with Gasteiger partial charge in [0.05, 0.1) is 0 Å². The fourth-order valence-corrected chi connectivity index (χ4v) is 9.46. The van der Waals surface area contributed by atoms with Gasteiger partial charge in [-0.2, -0.15) is 0 Å². The molecule has 0 atom stereocenters. The van der Waals surface area contributed by atoms with Crippen molar-refractivity contribution in [1.29, 1.82) is 0 Å². The van der Waals surface area contributed by atoms with Crippen LogP contribution in [0.2, 0.25) is 8.87 Å². The van der Waals surface area contributed by atoms with Crippen LogP contribution in [0.1, 0.15) is 46.5 Å². The quantitative estimate of drug-likeness (QED) is 0.619. The van der Waals surface area contributed by atoms with Crippen molar-refractivity contribution in [1.82, 2.24) is 0 Å². The molecule has 1 nitrogen and oxygen atoms in total. The van der Waals surface area contributed by atoms with E-state index < -0.39 is 20.2 Å². The van der Waals surface area contributed by atoms with Crippen LogP contribution < -0.4 is 0 Å². The molecular weight excluding hydrogens is 255 g/mol. The van der Waals surface area contributed by atoms with Crippen molar-refractivity contribution in [2.24, 2.45) is 0 Å². The zero-order valence-corrected chi connectivity index (χ0v) is 12.2.